The number of hydrogen-bond donors (Lipinski definition) is 1. The smallest absolute Gasteiger partial charge is 0.293 e. The molecular formula is C17H17ClN4O2. The number of ether oxygens (including phenoxy) is 2. The van der Waals surface area contributed by atoms with Gasteiger partial charge in [0, 0.05) is 19.2 Å². The average Bonchev–Trinajstić information content (AvgIpc) is 3.10. The van der Waals surface area contributed by atoms with E-state index in [0.29, 0.717) is 11.4 Å². The fourth-order valence-electron chi connectivity index (χ4n) is 4.76. The molecule has 0 saturated heterocycles. The summed E-state index contributed by atoms with van der Waals surface area (Å²) in [5.41, 5.74) is 3.26. The van der Waals surface area contributed by atoms with Crippen LogP contribution in [0.3, 0.4) is 0 Å². The van der Waals surface area contributed by atoms with Crippen LogP contribution in [0.5, 0.6) is 0 Å². The van der Waals surface area contributed by atoms with E-state index in [1.54, 1.807) is 18.2 Å². The van der Waals surface area contributed by atoms with Crippen LogP contribution in [0.1, 0.15) is 18.9 Å². The number of methoxy groups -OCH3 is 2. The van der Waals surface area contributed by atoms with Crippen molar-refractivity contribution in [3.63, 3.8) is 0 Å². The Labute approximate surface area is 145 Å². The number of hydrogen-bond acceptors (Lipinski definition) is 6. The van der Waals surface area contributed by atoms with Crippen molar-refractivity contribution in [2.24, 2.45) is 21.6 Å². The standard InChI is InChI=1S/C17H17ClN4O2/c1-4-14(11-6-5-7-12(18)8-11)15(9-19)13(21)22-17(23-2,24-3)16(14,15)10-20/h5-8H,4H2,1-3H3,(H2,21,22)/t14-,15-,16+/m0/s1. The molecule has 0 bridgehead atoms. The van der Waals surface area contributed by atoms with Crippen molar-refractivity contribution in [3.05, 3.63) is 34.9 Å². The molecule has 0 radical (unpaired) electrons. The largest absolute Gasteiger partial charge is 0.386 e. The molecule has 1 aromatic rings. The van der Waals surface area contributed by atoms with Crippen LogP contribution >= 0.6 is 11.6 Å². The molecule has 3 atom stereocenters. The number of rotatable bonds is 4. The zero-order chi connectivity index (χ0) is 17.8. The van der Waals surface area contributed by atoms with Crippen LogP contribution in [0.15, 0.2) is 29.3 Å². The molecule has 6 nitrogen and oxygen atoms in total. The third-order valence-corrected chi connectivity index (χ3v) is 5.88. The fourth-order valence-corrected chi connectivity index (χ4v) is 4.95. The summed E-state index contributed by atoms with van der Waals surface area (Å²) in [5, 5.41) is 20.7. The van der Waals surface area contributed by atoms with Crippen LogP contribution in [0.25, 0.3) is 0 Å². The average molecular weight is 345 g/mol. The Morgan fingerprint density at radius 2 is 1.92 bits per heavy atom. The number of fused-ring (bicyclic) bond motifs is 1. The normalized spacial score (nSPS) is 35.5. The lowest BCUT2D eigenvalue weighted by Gasteiger charge is -2.33. The summed E-state index contributed by atoms with van der Waals surface area (Å²) in [6.45, 7) is 1.90. The van der Waals surface area contributed by atoms with E-state index in [-0.39, 0.29) is 5.84 Å². The number of nitrogens with two attached hydrogens (primary N) is 1. The maximum Gasteiger partial charge on any atom is 0.293 e. The molecular weight excluding hydrogens is 328 g/mol. The SMILES string of the molecule is CC[C@]1(c2cccc(Cl)c2)[C@]2(C#N)C(N)=NC(OC)(OC)[C@@]21C#N. The van der Waals surface area contributed by atoms with Crippen molar-refractivity contribution in [2.45, 2.75) is 24.7 Å². The Hall–Kier alpha value is -2.12. The van der Waals surface area contributed by atoms with Gasteiger partial charge in [0.15, 0.2) is 10.8 Å². The predicted octanol–water partition coefficient (Wildman–Crippen LogP) is 2.34. The molecule has 0 amide bonds. The van der Waals surface area contributed by atoms with Gasteiger partial charge in [-0.05, 0) is 24.1 Å². The van der Waals surface area contributed by atoms with Gasteiger partial charge in [-0.3, -0.25) is 0 Å². The van der Waals surface area contributed by atoms with Crippen LogP contribution in [-0.4, -0.2) is 26.0 Å². The summed E-state index contributed by atoms with van der Waals surface area (Å²) in [6.07, 6.45) is 0.471. The third kappa shape index (κ3) is 1.30. The second-order valence-corrected chi connectivity index (χ2v) is 6.42. The first-order valence-electron chi connectivity index (χ1n) is 7.48. The van der Waals surface area contributed by atoms with Crippen molar-refractivity contribution >= 4 is 17.4 Å². The molecule has 1 aliphatic carbocycles. The molecule has 7 heteroatoms. The molecule has 0 spiro atoms. The minimum Gasteiger partial charge on any atom is -0.386 e. The van der Waals surface area contributed by atoms with Gasteiger partial charge < -0.3 is 15.2 Å². The summed E-state index contributed by atoms with van der Waals surface area (Å²) in [7, 11) is 2.78. The minimum absolute atomic E-state index is 0.0528. The molecule has 24 heavy (non-hydrogen) atoms. The molecule has 1 aliphatic heterocycles. The third-order valence-electron chi connectivity index (χ3n) is 5.64. The summed E-state index contributed by atoms with van der Waals surface area (Å²) >= 11 is 6.15. The van der Waals surface area contributed by atoms with E-state index in [2.05, 4.69) is 17.1 Å². The van der Waals surface area contributed by atoms with Crippen LogP contribution < -0.4 is 5.73 Å². The lowest BCUT2D eigenvalue weighted by atomic mass is 9.80. The number of aliphatic imine (C=N–C) groups is 1. The number of nitriles is 2. The van der Waals surface area contributed by atoms with Crippen molar-refractivity contribution in [1.29, 1.82) is 10.5 Å². The first kappa shape index (κ1) is 16.7. The van der Waals surface area contributed by atoms with Crippen molar-refractivity contribution in [3.8, 4) is 12.1 Å². The van der Waals surface area contributed by atoms with E-state index in [0.717, 1.165) is 5.56 Å². The molecule has 3 rings (SSSR count). The topological polar surface area (TPSA) is 104 Å². The van der Waals surface area contributed by atoms with E-state index < -0.39 is 22.2 Å². The molecule has 0 unspecified atom stereocenters. The van der Waals surface area contributed by atoms with Gasteiger partial charge in [0.25, 0.3) is 5.91 Å². The molecule has 124 valence electrons. The molecule has 1 heterocycles. The molecule has 1 aromatic carbocycles. The van der Waals surface area contributed by atoms with E-state index in [9.17, 15) is 10.5 Å². The quantitative estimate of drug-likeness (QED) is 0.844. The number of halogens is 1. The van der Waals surface area contributed by atoms with Crippen LogP contribution in [0, 0.1) is 33.5 Å². The van der Waals surface area contributed by atoms with Crippen molar-refractivity contribution < 1.29 is 9.47 Å². The lowest BCUT2D eigenvalue weighted by Crippen LogP contribution is -2.45. The first-order valence-corrected chi connectivity index (χ1v) is 7.86. The Kier molecular flexibility index (Phi) is 3.44. The van der Waals surface area contributed by atoms with Crippen LogP contribution in [0.4, 0.5) is 0 Å². The van der Waals surface area contributed by atoms with Gasteiger partial charge >= 0.3 is 0 Å². The molecule has 2 aliphatic rings. The van der Waals surface area contributed by atoms with Crippen LogP contribution in [0.2, 0.25) is 5.02 Å². The maximum absolute atomic E-state index is 10.2. The number of nitrogens with zero attached hydrogens (tertiary/aromatic N) is 3. The zero-order valence-corrected chi connectivity index (χ0v) is 14.4. The Balaban J connectivity index is 2.40. The summed E-state index contributed by atoms with van der Waals surface area (Å²) in [4.78, 5) is 4.24. The van der Waals surface area contributed by atoms with Gasteiger partial charge in [-0.2, -0.15) is 10.5 Å². The van der Waals surface area contributed by atoms with Crippen molar-refractivity contribution in [2.75, 3.05) is 14.2 Å². The molecule has 2 N–H and O–H groups in total. The second-order valence-electron chi connectivity index (χ2n) is 5.98. The monoisotopic (exact) mass is 344 g/mol. The van der Waals surface area contributed by atoms with E-state index >= 15 is 0 Å². The Morgan fingerprint density at radius 3 is 2.38 bits per heavy atom. The van der Waals surface area contributed by atoms with Crippen molar-refractivity contribution in [1.82, 2.24) is 0 Å². The van der Waals surface area contributed by atoms with Gasteiger partial charge in [0.1, 0.15) is 5.84 Å². The van der Waals surface area contributed by atoms with Crippen LogP contribution in [-0.2, 0) is 14.9 Å². The predicted molar refractivity (Wildman–Crippen MR) is 87.9 cm³/mol. The van der Waals surface area contributed by atoms with E-state index in [1.165, 1.54) is 14.2 Å². The van der Waals surface area contributed by atoms with Gasteiger partial charge in [0.2, 0.25) is 0 Å². The molecule has 1 saturated carbocycles. The summed E-state index contributed by atoms with van der Waals surface area (Å²) in [5.74, 6) is -1.59. The Bertz CT molecular complexity index is 823. The summed E-state index contributed by atoms with van der Waals surface area (Å²) in [6, 6.07) is 11.7. The highest BCUT2D eigenvalue weighted by Gasteiger charge is 3.00. The highest BCUT2D eigenvalue weighted by molar-refractivity contribution is 6.30. The van der Waals surface area contributed by atoms with E-state index in [1.807, 2.05) is 13.0 Å². The Morgan fingerprint density at radius 1 is 1.25 bits per heavy atom. The second kappa shape index (κ2) is 4.94. The number of amidine groups is 1. The maximum atomic E-state index is 10.2. The molecule has 0 aromatic heterocycles. The van der Waals surface area contributed by atoms with E-state index in [4.69, 9.17) is 26.8 Å². The summed E-state index contributed by atoms with van der Waals surface area (Å²) < 4.78 is 11.0. The molecule has 1 fully saturated rings. The zero-order valence-electron chi connectivity index (χ0n) is 13.6. The first-order chi connectivity index (χ1) is 11.4. The van der Waals surface area contributed by atoms with Gasteiger partial charge in [-0.25, -0.2) is 4.99 Å². The lowest BCUT2D eigenvalue weighted by molar-refractivity contribution is -0.234. The van der Waals surface area contributed by atoms with Gasteiger partial charge in [-0.15, -0.1) is 0 Å². The minimum atomic E-state index is -1.64. The number of benzene rings is 1. The fraction of sp³-hybridized carbons (Fsp3) is 0.471. The highest BCUT2D eigenvalue weighted by atomic mass is 35.5. The highest BCUT2D eigenvalue weighted by Crippen LogP contribution is 2.86. The van der Waals surface area contributed by atoms with Gasteiger partial charge in [-0.1, -0.05) is 30.7 Å². The van der Waals surface area contributed by atoms with Gasteiger partial charge in [0.05, 0.1) is 17.6 Å².